The van der Waals surface area contributed by atoms with Crippen LogP contribution < -0.4 is 11.1 Å². The van der Waals surface area contributed by atoms with Crippen LogP contribution in [-0.4, -0.2) is 25.7 Å². The zero-order valence-corrected chi connectivity index (χ0v) is 10.4. The molecular weight excluding hydrogens is 224 g/mol. The number of nitrogens with two attached hydrogens (primary N) is 1. The van der Waals surface area contributed by atoms with Gasteiger partial charge in [-0.2, -0.15) is 0 Å². The van der Waals surface area contributed by atoms with E-state index in [1.807, 2.05) is 24.4 Å². The molecular formula is C11H18N2O2S. The highest BCUT2D eigenvalue weighted by Gasteiger charge is 2.18. The molecule has 5 heteroatoms. The Hall–Kier alpha value is -0.910. The van der Waals surface area contributed by atoms with Crippen molar-refractivity contribution in [3.8, 4) is 0 Å². The van der Waals surface area contributed by atoms with Crippen molar-refractivity contribution in [1.29, 1.82) is 0 Å². The standard InChI is InChI=1S/C11H18N2O2S/c1-8(5-6-15-2)13-11(14)10(12)9-4-3-7-16-9/h3-4,7-8,10H,5-6,12H2,1-2H3,(H,13,14). The van der Waals surface area contributed by atoms with E-state index in [2.05, 4.69) is 5.32 Å². The highest BCUT2D eigenvalue weighted by Crippen LogP contribution is 2.16. The Morgan fingerprint density at radius 1 is 1.69 bits per heavy atom. The van der Waals surface area contributed by atoms with Gasteiger partial charge in [-0.1, -0.05) is 6.07 Å². The number of nitrogens with one attached hydrogen (secondary N) is 1. The van der Waals surface area contributed by atoms with Crippen LogP contribution >= 0.6 is 11.3 Å². The van der Waals surface area contributed by atoms with Gasteiger partial charge in [0.05, 0.1) is 0 Å². The number of ether oxygens (including phenoxy) is 1. The Bertz CT molecular complexity index is 314. The second kappa shape index (κ2) is 6.62. The quantitative estimate of drug-likeness (QED) is 0.790. The van der Waals surface area contributed by atoms with E-state index >= 15 is 0 Å². The van der Waals surface area contributed by atoms with Gasteiger partial charge in [0.1, 0.15) is 6.04 Å². The average molecular weight is 242 g/mol. The van der Waals surface area contributed by atoms with E-state index < -0.39 is 6.04 Å². The van der Waals surface area contributed by atoms with E-state index in [0.29, 0.717) is 6.61 Å². The van der Waals surface area contributed by atoms with Crippen LogP contribution in [0.4, 0.5) is 0 Å². The normalized spacial score (nSPS) is 14.4. The molecule has 4 nitrogen and oxygen atoms in total. The number of methoxy groups -OCH3 is 1. The maximum atomic E-state index is 11.7. The molecule has 2 atom stereocenters. The van der Waals surface area contributed by atoms with Gasteiger partial charge in [0, 0.05) is 24.6 Å². The second-order valence-corrected chi connectivity index (χ2v) is 4.66. The van der Waals surface area contributed by atoms with Crippen molar-refractivity contribution >= 4 is 17.2 Å². The Labute approximate surface area is 99.8 Å². The number of carbonyl (C=O) groups is 1. The van der Waals surface area contributed by atoms with Gasteiger partial charge >= 0.3 is 0 Å². The molecule has 0 bridgehead atoms. The number of amides is 1. The third kappa shape index (κ3) is 3.92. The van der Waals surface area contributed by atoms with Gasteiger partial charge in [-0.3, -0.25) is 4.79 Å². The summed E-state index contributed by atoms with van der Waals surface area (Å²) >= 11 is 1.49. The van der Waals surface area contributed by atoms with E-state index in [9.17, 15) is 4.79 Å². The molecule has 0 radical (unpaired) electrons. The minimum atomic E-state index is -0.565. The van der Waals surface area contributed by atoms with Crippen LogP contribution in [0.2, 0.25) is 0 Å². The predicted molar refractivity (Wildman–Crippen MR) is 65.3 cm³/mol. The molecule has 1 amide bonds. The molecule has 0 saturated heterocycles. The molecule has 0 aliphatic heterocycles. The van der Waals surface area contributed by atoms with E-state index in [1.165, 1.54) is 11.3 Å². The largest absolute Gasteiger partial charge is 0.385 e. The first-order valence-electron chi connectivity index (χ1n) is 5.23. The van der Waals surface area contributed by atoms with Crippen LogP contribution in [0.1, 0.15) is 24.3 Å². The number of hydrogen-bond donors (Lipinski definition) is 2. The molecule has 0 fully saturated rings. The van der Waals surface area contributed by atoms with Gasteiger partial charge < -0.3 is 15.8 Å². The van der Waals surface area contributed by atoms with Crippen molar-refractivity contribution in [2.24, 2.45) is 5.73 Å². The van der Waals surface area contributed by atoms with Crippen molar-refractivity contribution in [2.45, 2.75) is 25.4 Å². The summed E-state index contributed by atoms with van der Waals surface area (Å²) in [5, 5.41) is 4.78. The monoisotopic (exact) mass is 242 g/mol. The topological polar surface area (TPSA) is 64.3 Å². The van der Waals surface area contributed by atoms with Crippen molar-refractivity contribution in [3.05, 3.63) is 22.4 Å². The lowest BCUT2D eigenvalue weighted by Gasteiger charge is -2.16. The SMILES string of the molecule is COCCC(C)NC(=O)C(N)c1cccs1. The van der Waals surface area contributed by atoms with Crippen LogP contribution in [0.5, 0.6) is 0 Å². The minimum Gasteiger partial charge on any atom is -0.385 e. The van der Waals surface area contributed by atoms with E-state index in [4.69, 9.17) is 10.5 Å². The smallest absolute Gasteiger partial charge is 0.242 e. The molecule has 0 aliphatic rings. The van der Waals surface area contributed by atoms with Crippen LogP contribution in [0.25, 0.3) is 0 Å². The van der Waals surface area contributed by atoms with E-state index in [1.54, 1.807) is 7.11 Å². The minimum absolute atomic E-state index is 0.0819. The molecule has 1 heterocycles. The van der Waals surface area contributed by atoms with Crippen LogP contribution in [0.3, 0.4) is 0 Å². The van der Waals surface area contributed by atoms with Gasteiger partial charge in [-0.25, -0.2) is 0 Å². The summed E-state index contributed by atoms with van der Waals surface area (Å²) < 4.78 is 4.95. The van der Waals surface area contributed by atoms with E-state index in [0.717, 1.165) is 11.3 Å². The van der Waals surface area contributed by atoms with Crippen molar-refractivity contribution in [3.63, 3.8) is 0 Å². The lowest BCUT2D eigenvalue weighted by Crippen LogP contribution is -2.39. The fourth-order valence-corrected chi connectivity index (χ4v) is 2.02. The summed E-state index contributed by atoms with van der Waals surface area (Å²) in [6.07, 6.45) is 0.791. The summed E-state index contributed by atoms with van der Waals surface area (Å²) in [4.78, 5) is 12.6. The third-order valence-corrected chi connectivity index (χ3v) is 3.23. The first-order chi connectivity index (χ1) is 7.65. The molecule has 2 unspecified atom stereocenters. The summed E-state index contributed by atoms with van der Waals surface area (Å²) in [5.41, 5.74) is 5.83. The lowest BCUT2D eigenvalue weighted by molar-refractivity contribution is -0.123. The first-order valence-corrected chi connectivity index (χ1v) is 6.11. The summed E-state index contributed by atoms with van der Waals surface area (Å²) in [6.45, 7) is 2.58. The van der Waals surface area contributed by atoms with Crippen molar-refractivity contribution in [1.82, 2.24) is 5.32 Å². The molecule has 1 aromatic rings. The van der Waals surface area contributed by atoms with Crippen molar-refractivity contribution < 1.29 is 9.53 Å². The summed E-state index contributed by atoms with van der Waals surface area (Å²) in [7, 11) is 1.64. The zero-order valence-electron chi connectivity index (χ0n) is 9.60. The third-order valence-electron chi connectivity index (χ3n) is 2.28. The Morgan fingerprint density at radius 3 is 3.00 bits per heavy atom. The zero-order chi connectivity index (χ0) is 12.0. The van der Waals surface area contributed by atoms with Gasteiger partial charge in [0.25, 0.3) is 0 Å². The number of carbonyl (C=O) groups excluding carboxylic acids is 1. The highest BCUT2D eigenvalue weighted by molar-refractivity contribution is 7.10. The number of thiophene rings is 1. The Morgan fingerprint density at radius 2 is 2.44 bits per heavy atom. The second-order valence-electron chi connectivity index (χ2n) is 3.68. The Balaban J connectivity index is 2.40. The molecule has 0 aliphatic carbocycles. The fourth-order valence-electron chi connectivity index (χ4n) is 1.30. The van der Waals surface area contributed by atoms with Gasteiger partial charge in [0.15, 0.2) is 0 Å². The van der Waals surface area contributed by atoms with Crippen LogP contribution in [0.15, 0.2) is 17.5 Å². The molecule has 0 spiro atoms. The number of rotatable bonds is 6. The molecule has 0 saturated carbocycles. The lowest BCUT2D eigenvalue weighted by atomic mass is 10.2. The molecule has 1 rings (SSSR count). The van der Waals surface area contributed by atoms with Crippen LogP contribution in [-0.2, 0) is 9.53 Å². The molecule has 16 heavy (non-hydrogen) atoms. The predicted octanol–water partition coefficient (Wildman–Crippen LogP) is 1.29. The Kier molecular flexibility index (Phi) is 5.45. The molecule has 90 valence electrons. The fraction of sp³-hybridized carbons (Fsp3) is 0.545. The van der Waals surface area contributed by atoms with Gasteiger partial charge in [-0.15, -0.1) is 11.3 Å². The summed E-state index contributed by atoms with van der Waals surface area (Å²) in [6, 6.07) is 3.28. The maximum absolute atomic E-state index is 11.7. The molecule has 3 N–H and O–H groups in total. The maximum Gasteiger partial charge on any atom is 0.242 e. The van der Waals surface area contributed by atoms with E-state index in [-0.39, 0.29) is 11.9 Å². The average Bonchev–Trinajstić information content (AvgIpc) is 2.78. The summed E-state index contributed by atoms with van der Waals surface area (Å²) in [5.74, 6) is -0.133. The van der Waals surface area contributed by atoms with Gasteiger partial charge in [-0.05, 0) is 24.8 Å². The first kappa shape index (κ1) is 13.2. The molecule has 1 aromatic heterocycles. The van der Waals surface area contributed by atoms with Crippen LogP contribution in [0, 0.1) is 0 Å². The van der Waals surface area contributed by atoms with Crippen molar-refractivity contribution in [2.75, 3.05) is 13.7 Å². The number of hydrogen-bond acceptors (Lipinski definition) is 4. The molecule has 0 aromatic carbocycles. The highest BCUT2D eigenvalue weighted by atomic mass is 32.1. The van der Waals surface area contributed by atoms with Gasteiger partial charge in [0.2, 0.25) is 5.91 Å².